The first kappa shape index (κ1) is 11.3. The van der Waals surface area contributed by atoms with Crippen molar-refractivity contribution in [2.75, 3.05) is 0 Å². The predicted molar refractivity (Wildman–Crippen MR) is 62.2 cm³/mol. The lowest BCUT2D eigenvalue weighted by atomic mass is 10.1. The Balaban J connectivity index is 2.13. The van der Waals surface area contributed by atoms with Gasteiger partial charge in [0, 0.05) is 17.7 Å². The van der Waals surface area contributed by atoms with E-state index in [4.69, 9.17) is 0 Å². The van der Waals surface area contributed by atoms with E-state index in [0.717, 1.165) is 28.6 Å². The average Bonchev–Trinajstić information content (AvgIpc) is 2.65. The summed E-state index contributed by atoms with van der Waals surface area (Å²) in [6.45, 7) is 1.88. The van der Waals surface area contributed by atoms with Crippen molar-refractivity contribution in [1.29, 1.82) is 0 Å². The molecule has 0 aliphatic heterocycles. The first-order valence-corrected chi connectivity index (χ1v) is 5.62. The molecule has 0 atom stereocenters. The third-order valence-electron chi connectivity index (χ3n) is 3.19. The summed E-state index contributed by atoms with van der Waals surface area (Å²) < 4.78 is 37.9. The second kappa shape index (κ2) is 3.57. The number of halogens is 3. The zero-order valence-corrected chi connectivity index (χ0v) is 9.67. The molecule has 0 saturated carbocycles. The molecule has 1 nitrogen and oxygen atoms in total. The van der Waals surface area contributed by atoms with Crippen LogP contribution in [0.15, 0.2) is 30.3 Å². The summed E-state index contributed by atoms with van der Waals surface area (Å²) in [5.74, 6) is 0. The maximum Gasteiger partial charge on any atom is 0.416 e. The second-order valence-electron chi connectivity index (χ2n) is 4.51. The van der Waals surface area contributed by atoms with Crippen LogP contribution in [0, 0.1) is 6.92 Å². The fraction of sp³-hybridized carbons (Fsp3) is 0.214. The van der Waals surface area contributed by atoms with Crippen molar-refractivity contribution < 1.29 is 13.2 Å². The molecule has 18 heavy (non-hydrogen) atoms. The quantitative estimate of drug-likeness (QED) is 0.587. The highest BCUT2D eigenvalue weighted by molar-refractivity contribution is 5.74. The number of benzene rings is 1. The summed E-state index contributed by atoms with van der Waals surface area (Å²) in [6.07, 6.45) is -3.75. The summed E-state index contributed by atoms with van der Waals surface area (Å²) in [5, 5.41) is 0. The van der Waals surface area contributed by atoms with Gasteiger partial charge in [0.25, 0.3) is 0 Å². The maximum atomic E-state index is 12.6. The largest absolute Gasteiger partial charge is 0.416 e. The SMILES string of the molecule is Cc1ccc2c(n1)-c1ccc(C(F)(F)F)cc1C2. The normalized spacial score (nSPS) is 13.3. The highest BCUT2D eigenvalue weighted by Crippen LogP contribution is 2.39. The summed E-state index contributed by atoms with van der Waals surface area (Å²) in [6, 6.07) is 7.70. The van der Waals surface area contributed by atoms with Gasteiger partial charge in [-0.2, -0.15) is 13.2 Å². The minimum absolute atomic E-state index is 0.530. The zero-order chi connectivity index (χ0) is 12.9. The lowest BCUT2D eigenvalue weighted by molar-refractivity contribution is -0.137. The van der Waals surface area contributed by atoms with Crippen molar-refractivity contribution in [3.63, 3.8) is 0 Å². The summed E-state index contributed by atoms with van der Waals surface area (Å²) in [4.78, 5) is 4.41. The van der Waals surface area contributed by atoms with E-state index in [-0.39, 0.29) is 0 Å². The highest BCUT2D eigenvalue weighted by Gasteiger charge is 2.32. The molecule has 0 spiro atoms. The molecule has 4 heteroatoms. The van der Waals surface area contributed by atoms with Crippen LogP contribution in [0.4, 0.5) is 13.2 Å². The molecular formula is C14H10F3N. The number of pyridine rings is 1. The van der Waals surface area contributed by atoms with Crippen molar-refractivity contribution in [2.45, 2.75) is 19.5 Å². The van der Waals surface area contributed by atoms with Gasteiger partial charge in [0.2, 0.25) is 0 Å². The van der Waals surface area contributed by atoms with Crippen LogP contribution < -0.4 is 0 Å². The Morgan fingerprint density at radius 1 is 1.06 bits per heavy atom. The van der Waals surface area contributed by atoms with Gasteiger partial charge in [0.05, 0.1) is 11.3 Å². The van der Waals surface area contributed by atoms with Crippen molar-refractivity contribution >= 4 is 0 Å². The molecule has 0 N–H and O–H groups in total. The minimum Gasteiger partial charge on any atom is -0.253 e. The molecule has 1 aromatic heterocycles. The Labute approximate surface area is 102 Å². The summed E-state index contributed by atoms with van der Waals surface area (Å²) >= 11 is 0. The van der Waals surface area contributed by atoms with E-state index in [1.54, 1.807) is 0 Å². The molecule has 0 bridgehead atoms. The van der Waals surface area contributed by atoms with Crippen molar-refractivity contribution in [2.24, 2.45) is 0 Å². The summed E-state index contributed by atoms with van der Waals surface area (Å²) in [7, 11) is 0. The average molecular weight is 249 g/mol. The van der Waals surface area contributed by atoms with E-state index in [9.17, 15) is 13.2 Å². The lowest BCUT2D eigenvalue weighted by Crippen LogP contribution is -2.05. The standard InChI is InChI=1S/C14H10F3N/c1-8-2-3-9-6-10-7-11(14(15,16)17)4-5-12(10)13(9)18-8/h2-5,7H,6H2,1H3. The maximum absolute atomic E-state index is 12.6. The third-order valence-corrected chi connectivity index (χ3v) is 3.19. The number of fused-ring (bicyclic) bond motifs is 3. The van der Waals surface area contributed by atoms with Crippen LogP contribution in [0.2, 0.25) is 0 Å². The third kappa shape index (κ3) is 1.68. The van der Waals surface area contributed by atoms with Crippen LogP contribution in [0.5, 0.6) is 0 Å². The van der Waals surface area contributed by atoms with Crippen LogP contribution >= 0.6 is 0 Å². The number of aromatic nitrogens is 1. The number of hydrogen-bond acceptors (Lipinski definition) is 1. The van der Waals surface area contributed by atoms with Gasteiger partial charge < -0.3 is 0 Å². The fourth-order valence-electron chi connectivity index (χ4n) is 2.31. The molecule has 1 aliphatic rings. The van der Waals surface area contributed by atoms with E-state index in [0.29, 0.717) is 12.0 Å². The molecule has 1 aromatic carbocycles. The number of aryl methyl sites for hydroxylation is 1. The number of nitrogens with zero attached hydrogens (tertiary/aromatic N) is 1. The number of hydrogen-bond donors (Lipinski definition) is 0. The van der Waals surface area contributed by atoms with Crippen LogP contribution in [-0.2, 0) is 12.6 Å². The molecular weight excluding hydrogens is 239 g/mol. The van der Waals surface area contributed by atoms with Crippen molar-refractivity contribution in [3.8, 4) is 11.3 Å². The van der Waals surface area contributed by atoms with E-state index in [2.05, 4.69) is 4.98 Å². The van der Waals surface area contributed by atoms with Crippen molar-refractivity contribution in [3.05, 3.63) is 52.7 Å². The molecule has 0 fully saturated rings. The van der Waals surface area contributed by atoms with Crippen LogP contribution in [0.1, 0.15) is 22.4 Å². The number of rotatable bonds is 0. The zero-order valence-electron chi connectivity index (χ0n) is 9.67. The molecule has 1 aliphatic carbocycles. The Morgan fingerprint density at radius 3 is 2.56 bits per heavy atom. The van der Waals surface area contributed by atoms with Gasteiger partial charge in [-0.15, -0.1) is 0 Å². The summed E-state index contributed by atoms with van der Waals surface area (Å²) in [5.41, 5.74) is 3.63. The van der Waals surface area contributed by atoms with E-state index in [1.165, 1.54) is 12.1 Å². The minimum atomic E-state index is -4.28. The predicted octanol–water partition coefficient (Wildman–Crippen LogP) is 3.98. The lowest BCUT2D eigenvalue weighted by Gasteiger charge is -2.08. The van der Waals surface area contributed by atoms with E-state index >= 15 is 0 Å². The Morgan fingerprint density at radius 2 is 1.83 bits per heavy atom. The van der Waals surface area contributed by atoms with Crippen LogP contribution in [-0.4, -0.2) is 4.98 Å². The molecule has 1 heterocycles. The Hall–Kier alpha value is -1.84. The van der Waals surface area contributed by atoms with Gasteiger partial charge in [0.15, 0.2) is 0 Å². The second-order valence-corrected chi connectivity index (χ2v) is 4.51. The van der Waals surface area contributed by atoms with Gasteiger partial charge in [-0.05, 0) is 36.2 Å². The van der Waals surface area contributed by atoms with E-state index < -0.39 is 11.7 Å². The monoisotopic (exact) mass is 249 g/mol. The molecule has 0 radical (unpaired) electrons. The van der Waals surface area contributed by atoms with Gasteiger partial charge in [-0.1, -0.05) is 12.1 Å². The molecule has 0 amide bonds. The smallest absolute Gasteiger partial charge is 0.253 e. The van der Waals surface area contributed by atoms with Gasteiger partial charge in [0.1, 0.15) is 0 Å². The molecule has 3 rings (SSSR count). The van der Waals surface area contributed by atoms with Crippen molar-refractivity contribution in [1.82, 2.24) is 4.98 Å². The molecule has 2 aromatic rings. The van der Waals surface area contributed by atoms with Gasteiger partial charge >= 0.3 is 6.18 Å². The van der Waals surface area contributed by atoms with Crippen LogP contribution in [0.3, 0.4) is 0 Å². The van der Waals surface area contributed by atoms with Gasteiger partial charge in [-0.25, -0.2) is 0 Å². The first-order valence-electron chi connectivity index (χ1n) is 5.62. The molecule has 0 unspecified atom stereocenters. The topological polar surface area (TPSA) is 12.9 Å². The molecule has 92 valence electrons. The Kier molecular flexibility index (Phi) is 2.24. The number of alkyl halides is 3. The van der Waals surface area contributed by atoms with Gasteiger partial charge in [-0.3, -0.25) is 4.98 Å². The highest BCUT2D eigenvalue weighted by atomic mass is 19.4. The fourth-order valence-corrected chi connectivity index (χ4v) is 2.31. The first-order chi connectivity index (χ1) is 8.45. The Bertz CT molecular complexity index is 629. The van der Waals surface area contributed by atoms with E-state index in [1.807, 2.05) is 19.1 Å². The van der Waals surface area contributed by atoms with Crippen LogP contribution in [0.25, 0.3) is 11.3 Å². The molecule has 0 saturated heterocycles.